The van der Waals surface area contributed by atoms with Gasteiger partial charge in [0.1, 0.15) is 0 Å². The second kappa shape index (κ2) is 3.84. The molecule has 0 amide bonds. The Balaban J connectivity index is 4.86. The summed E-state index contributed by atoms with van der Waals surface area (Å²) in [4.78, 5) is 0. The molecule has 13 heavy (non-hydrogen) atoms. The molecule has 13 heteroatoms. The van der Waals surface area contributed by atoms with E-state index >= 15 is 0 Å². The van der Waals surface area contributed by atoms with Gasteiger partial charge in [0.15, 0.2) is 0 Å². The Kier molecular flexibility index (Phi) is 3.95. The summed E-state index contributed by atoms with van der Waals surface area (Å²) in [5, 5.41) is 0. The minimum atomic E-state index is -5.34. The van der Waals surface area contributed by atoms with Crippen LogP contribution in [0.1, 0.15) is 0 Å². The molecule has 0 aliphatic rings. The van der Waals surface area contributed by atoms with Crippen molar-refractivity contribution >= 4 is 50.4 Å². The summed E-state index contributed by atoms with van der Waals surface area (Å²) in [6.07, 6.45) is 0. The SMILES string of the molecule is O=S(=O)(Cl)OS(=O)(=O)OS(=O)(=O)Cl. The predicted molar refractivity (Wildman–Crippen MR) is 40.6 cm³/mol. The molecule has 0 fully saturated rings. The van der Waals surface area contributed by atoms with Gasteiger partial charge in [0.05, 0.1) is 21.4 Å². The van der Waals surface area contributed by atoms with Crippen molar-refractivity contribution in [1.29, 1.82) is 0 Å². The van der Waals surface area contributed by atoms with Crippen LogP contribution in [0, 0.1) is 0 Å². The first-order chi connectivity index (χ1) is 5.41. The highest BCUT2D eigenvalue weighted by Crippen LogP contribution is 2.12. The van der Waals surface area contributed by atoms with E-state index in [9.17, 15) is 25.3 Å². The summed E-state index contributed by atoms with van der Waals surface area (Å²) in [5.74, 6) is 0. The molecule has 0 aromatic heterocycles. The molecule has 0 bridgehead atoms. The quantitative estimate of drug-likeness (QED) is 0.620. The van der Waals surface area contributed by atoms with E-state index in [2.05, 4.69) is 28.6 Å². The molecule has 8 nitrogen and oxygen atoms in total. The molecular weight excluding hydrogens is 295 g/mol. The maximum absolute atomic E-state index is 10.3. The molecule has 0 aliphatic carbocycles. The zero-order chi connectivity index (χ0) is 10.9. The van der Waals surface area contributed by atoms with Crippen molar-refractivity contribution in [3.63, 3.8) is 0 Å². The highest BCUT2D eigenvalue weighted by atomic mass is 35.7. The van der Waals surface area contributed by atoms with E-state index in [-0.39, 0.29) is 0 Å². The Bertz CT molecular complexity index is 421. The minimum Gasteiger partial charge on any atom is -0.180 e. The Morgan fingerprint density at radius 2 is 0.923 bits per heavy atom. The summed E-state index contributed by atoms with van der Waals surface area (Å²) < 4.78 is 66.5. The molecule has 0 aliphatic heterocycles. The van der Waals surface area contributed by atoms with Gasteiger partial charge in [0, 0.05) is 0 Å². The summed E-state index contributed by atoms with van der Waals surface area (Å²) in [6.45, 7) is 0. The van der Waals surface area contributed by atoms with Crippen LogP contribution in [0.3, 0.4) is 0 Å². The van der Waals surface area contributed by atoms with Crippen LogP contribution in [0.15, 0.2) is 0 Å². The van der Waals surface area contributed by atoms with Crippen molar-refractivity contribution in [2.75, 3.05) is 0 Å². The Hall–Kier alpha value is 0.350. The molecule has 0 N–H and O–H groups in total. The largest absolute Gasteiger partial charge is 0.431 e. The number of halogens is 2. The molecule has 0 aromatic rings. The zero-order valence-corrected chi connectivity index (χ0v) is 9.21. The van der Waals surface area contributed by atoms with Gasteiger partial charge < -0.3 is 0 Å². The normalized spacial score (nSPS) is 14.3. The molecule has 80 valence electrons. The molecule has 0 spiro atoms. The van der Waals surface area contributed by atoms with Crippen molar-refractivity contribution in [2.24, 2.45) is 0 Å². The second-order valence-corrected chi connectivity index (χ2v) is 7.08. The fourth-order valence-electron chi connectivity index (χ4n) is 0.210. The zero-order valence-electron chi connectivity index (χ0n) is 5.25. The smallest absolute Gasteiger partial charge is 0.180 e. The van der Waals surface area contributed by atoms with Crippen LogP contribution in [0.4, 0.5) is 0 Å². The lowest BCUT2D eigenvalue weighted by molar-refractivity contribution is 0.396. The Morgan fingerprint density at radius 1 is 0.692 bits per heavy atom. The monoisotopic (exact) mass is 294 g/mol. The van der Waals surface area contributed by atoms with Crippen molar-refractivity contribution < 1.29 is 32.5 Å². The topological polar surface area (TPSA) is 121 Å². The summed E-state index contributed by atoms with van der Waals surface area (Å²) in [7, 11) is -6.57. The van der Waals surface area contributed by atoms with Gasteiger partial charge in [-0.3, -0.25) is 0 Å². The van der Waals surface area contributed by atoms with E-state index in [0.29, 0.717) is 0 Å². The first-order valence-electron chi connectivity index (χ1n) is 1.98. The van der Waals surface area contributed by atoms with Crippen LogP contribution in [0.25, 0.3) is 0 Å². The van der Waals surface area contributed by atoms with E-state index in [1.54, 1.807) is 0 Å². The van der Waals surface area contributed by atoms with Gasteiger partial charge in [-0.05, 0) is 0 Å². The molecule has 0 radical (unpaired) electrons. The lowest BCUT2D eigenvalue weighted by Crippen LogP contribution is -2.14. The molecule has 0 rings (SSSR count). The van der Waals surface area contributed by atoms with Crippen LogP contribution < -0.4 is 0 Å². The lowest BCUT2D eigenvalue weighted by atomic mass is 15.8. The Labute approximate surface area is 82.9 Å². The van der Waals surface area contributed by atoms with Crippen LogP contribution in [-0.4, -0.2) is 25.3 Å². The van der Waals surface area contributed by atoms with Crippen molar-refractivity contribution in [2.45, 2.75) is 0 Å². The van der Waals surface area contributed by atoms with Gasteiger partial charge >= 0.3 is 29.1 Å². The van der Waals surface area contributed by atoms with E-state index in [1.807, 2.05) is 0 Å². The molecule has 0 aromatic carbocycles. The molecule has 0 heterocycles. The minimum absolute atomic E-state index is 3.03. The van der Waals surface area contributed by atoms with Gasteiger partial charge in [-0.15, -0.1) is 7.26 Å². The van der Waals surface area contributed by atoms with Crippen molar-refractivity contribution in [3.05, 3.63) is 0 Å². The van der Waals surface area contributed by atoms with Crippen LogP contribution >= 0.6 is 21.4 Å². The fraction of sp³-hybridized carbons (Fsp3) is 0. The average molecular weight is 295 g/mol. The highest BCUT2D eigenvalue weighted by Gasteiger charge is 2.27. The molecule has 0 saturated heterocycles. The van der Waals surface area contributed by atoms with E-state index in [1.165, 1.54) is 0 Å². The first kappa shape index (κ1) is 13.4. The van der Waals surface area contributed by atoms with E-state index in [4.69, 9.17) is 0 Å². The van der Waals surface area contributed by atoms with Crippen LogP contribution in [-0.2, 0) is 36.3 Å². The second-order valence-electron chi connectivity index (χ2n) is 1.33. The van der Waals surface area contributed by atoms with Crippen LogP contribution in [0.2, 0.25) is 0 Å². The fourth-order valence-corrected chi connectivity index (χ4v) is 3.23. The van der Waals surface area contributed by atoms with Gasteiger partial charge in [0.2, 0.25) is 0 Å². The van der Waals surface area contributed by atoms with Crippen molar-refractivity contribution in [3.8, 4) is 0 Å². The number of hydrogen-bond donors (Lipinski definition) is 0. The summed E-state index contributed by atoms with van der Waals surface area (Å²) in [6, 6.07) is 0. The van der Waals surface area contributed by atoms with Crippen LogP contribution in [0.5, 0.6) is 0 Å². The first-order valence-corrected chi connectivity index (χ1v) is 7.78. The summed E-state index contributed by atoms with van der Waals surface area (Å²) in [5.41, 5.74) is 0. The highest BCUT2D eigenvalue weighted by molar-refractivity contribution is 8.18. The molecule has 0 unspecified atom stereocenters. The van der Waals surface area contributed by atoms with Crippen molar-refractivity contribution in [1.82, 2.24) is 0 Å². The van der Waals surface area contributed by atoms with Gasteiger partial charge in [-0.1, -0.05) is 0 Å². The standard InChI is InChI=1S/Cl2O8S3/c1-11(3,4)9-13(7,8)10-12(2,5)6. The van der Waals surface area contributed by atoms with E-state index in [0.717, 1.165) is 0 Å². The predicted octanol–water partition coefficient (Wildman–Crippen LogP) is -0.768. The molecule has 0 saturated carbocycles. The molecule has 0 atom stereocenters. The summed E-state index contributed by atoms with van der Waals surface area (Å²) >= 11 is 0. The van der Waals surface area contributed by atoms with Gasteiger partial charge in [0.25, 0.3) is 0 Å². The third-order valence-electron chi connectivity index (χ3n) is 0.329. The lowest BCUT2D eigenvalue weighted by Gasteiger charge is -1.97. The Morgan fingerprint density at radius 3 is 1.08 bits per heavy atom. The number of hydrogen-bond acceptors (Lipinski definition) is 8. The average Bonchev–Trinajstić information content (AvgIpc) is 1.43. The third kappa shape index (κ3) is 8.67. The van der Waals surface area contributed by atoms with Gasteiger partial charge in [-0.2, -0.15) is 25.3 Å². The third-order valence-corrected chi connectivity index (χ3v) is 3.89. The van der Waals surface area contributed by atoms with Gasteiger partial charge in [-0.25, -0.2) is 0 Å². The maximum Gasteiger partial charge on any atom is 0.431 e. The molecular formula is Cl2O8S3. The maximum atomic E-state index is 10.3. The number of rotatable bonds is 4. The van der Waals surface area contributed by atoms with E-state index < -0.39 is 29.1 Å².